The minimum atomic E-state index is -1.13. The van der Waals surface area contributed by atoms with Crippen LogP contribution in [0.4, 0.5) is 0 Å². The van der Waals surface area contributed by atoms with Crippen molar-refractivity contribution >= 4 is 17.8 Å². The number of carboxylic acid groups (broad SMARTS) is 1. The first-order valence-corrected chi connectivity index (χ1v) is 9.80. The van der Waals surface area contributed by atoms with E-state index in [1.165, 1.54) is 51.4 Å². The summed E-state index contributed by atoms with van der Waals surface area (Å²) < 4.78 is 4.84. The lowest BCUT2D eigenvalue weighted by molar-refractivity contribution is -0.142. The zero-order chi connectivity index (χ0) is 19.6. The van der Waals surface area contributed by atoms with E-state index in [9.17, 15) is 14.4 Å². The third kappa shape index (κ3) is 15.7. The van der Waals surface area contributed by atoms with Gasteiger partial charge >= 0.3 is 11.9 Å². The van der Waals surface area contributed by atoms with Crippen LogP contribution in [0, 0.1) is 0 Å². The van der Waals surface area contributed by atoms with E-state index in [1.54, 1.807) is 0 Å². The zero-order valence-corrected chi connectivity index (χ0v) is 16.2. The number of hydrogen-bond donors (Lipinski definition) is 2. The summed E-state index contributed by atoms with van der Waals surface area (Å²) >= 11 is 0. The van der Waals surface area contributed by atoms with Crippen LogP contribution >= 0.6 is 0 Å². The van der Waals surface area contributed by atoms with Crippen LogP contribution in [0.2, 0.25) is 0 Å². The third-order valence-electron chi connectivity index (χ3n) is 4.07. The highest BCUT2D eigenvalue weighted by Gasteiger charge is 2.12. The summed E-state index contributed by atoms with van der Waals surface area (Å²) in [6, 6.07) is 0. The molecule has 0 aliphatic heterocycles. The molecule has 0 aromatic heterocycles. The number of carbonyl (C=O) groups is 3. The third-order valence-corrected chi connectivity index (χ3v) is 4.07. The van der Waals surface area contributed by atoms with Crippen LogP contribution in [0.25, 0.3) is 0 Å². The molecule has 0 heterocycles. The molecule has 0 fully saturated rings. The molecule has 0 radical (unpaired) electrons. The molecule has 0 spiro atoms. The van der Waals surface area contributed by atoms with Gasteiger partial charge in [-0.15, -0.1) is 0 Å². The minimum Gasteiger partial charge on any atom is -0.481 e. The number of carboxylic acids is 1. The van der Waals surface area contributed by atoms with Crippen LogP contribution in [0.15, 0.2) is 12.2 Å². The Bertz CT molecular complexity index is 434. The maximum absolute atomic E-state index is 11.7. The van der Waals surface area contributed by atoms with E-state index in [0.717, 1.165) is 12.8 Å². The second kappa shape index (κ2) is 16.6. The molecule has 0 aliphatic carbocycles. The van der Waals surface area contributed by atoms with E-state index >= 15 is 0 Å². The molecular formula is C20H35NO5. The fourth-order valence-corrected chi connectivity index (χ4v) is 2.55. The summed E-state index contributed by atoms with van der Waals surface area (Å²) in [6.45, 7) is 5.82. The molecular weight excluding hydrogens is 334 g/mol. The van der Waals surface area contributed by atoms with Crippen LogP contribution in [-0.4, -0.2) is 36.1 Å². The van der Waals surface area contributed by atoms with Gasteiger partial charge < -0.3 is 15.2 Å². The molecule has 6 nitrogen and oxygen atoms in total. The largest absolute Gasteiger partial charge is 0.481 e. The van der Waals surface area contributed by atoms with Crippen LogP contribution in [-0.2, 0) is 19.1 Å². The average Bonchev–Trinajstić information content (AvgIpc) is 2.59. The molecule has 0 atom stereocenters. The Labute approximate surface area is 157 Å². The summed E-state index contributed by atoms with van der Waals surface area (Å²) in [6.07, 6.45) is 12.3. The number of hydrogen-bond acceptors (Lipinski definition) is 4. The average molecular weight is 370 g/mol. The number of aliphatic carboxylic acids is 1. The van der Waals surface area contributed by atoms with Crippen molar-refractivity contribution in [2.24, 2.45) is 0 Å². The number of unbranched alkanes of at least 4 members (excludes halogenated alkanes) is 9. The highest BCUT2D eigenvalue weighted by Crippen LogP contribution is 2.11. The van der Waals surface area contributed by atoms with Crippen molar-refractivity contribution in [3.63, 3.8) is 0 Å². The Morgan fingerprint density at radius 3 is 2.00 bits per heavy atom. The Morgan fingerprint density at radius 2 is 1.46 bits per heavy atom. The number of carbonyl (C=O) groups excluding carboxylic acids is 2. The van der Waals surface area contributed by atoms with Crippen molar-refractivity contribution in [1.82, 2.24) is 5.32 Å². The molecule has 26 heavy (non-hydrogen) atoms. The highest BCUT2D eigenvalue weighted by atomic mass is 16.5. The molecule has 0 unspecified atom stereocenters. The normalized spacial score (nSPS) is 10.3. The van der Waals surface area contributed by atoms with Crippen LogP contribution in [0.5, 0.6) is 0 Å². The highest BCUT2D eigenvalue weighted by molar-refractivity contribution is 5.92. The quantitative estimate of drug-likeness (QED) is 0.230. The molecule has 0 aromatic carbocycles. The molecule has 0 rings (SSSR count). The number of nitrogens with one attached hydrogen (secondary N) is 1. The Kier molecular flexibility index (Phi) is 15.4. The van der Waals surface area contributed by atoms with E-state index in [1.807, 2.05) is 0 Å². The molecule has 0 saturated heterocycles. The number of ether oxygens (including phenoxy) is 1. The van der Waals surface area contributed by atoms with Gasteiger partial charge in [0.25, 0.3) is 0 Å². The number of esters is 1. The van der Waals surface area contributed by atoms with E-state index in [2.05, 4.69) is 18.8 Å². The summed E-state index contributed by atoms with van der Waals surface area (Å²) in [5.74, 6) is -1.92. The zero-order valence-electron chi connectivity index (χ0n) is 16.2. The topological polar surface area (TPSA) is 92.7 Å². The van der Waals surface area contributed by atoms with Gasteiger partial charge in [-0.25, -0.2) is 4.79 Å². The molecule has 0 bridgehead atoms. The van der Waals surface area contributed by atoms with Crippen molar-refractivity contribution in [1.29, 1.82) is 0 Å². The summed E-state index contributed by atoms with van der Waals surface area (Å²) in [5.41, 5.74) is -0.103. The second-order valence-electron chi connectivity index (χ2n) is 6.59. The molecule has 2 N–H and O–H groups in total. The van der Waals surface area contributed by atoms with Gasteiger partial charge in [-0.3, -0.25) is 9.59 Å². The van der Waals surface area contributed by atoms with E-state index < -0.39 is 18.4 Å². The molecule has 150 valence electrons. The SMILES string of the molecule is C=C(CC(=O)O)C(=O)OCCNC(=O)CCCCCCCCCCCC. The van der Waals surface area contributed by atoms with Gasteiger partial charge in [0.05, 0.1) is 13.0 Å². The molecule has 1 amide bonds. The lowest BCUT2D eigenvalue weighted by Gasteiger charge is -2.07. The molecule has 0 aliphatic rings. The standard InChI is InChI=1S/C20H35NO5/c1-3-4-5-6-7-8-9-10-11-12-13-18(22)21-14-15-26-20(25)17(2)16-19(23)24/h2-16H2,1H3,(H,21,22)(H,23,24). The van der Waals surface area contributed by atoms with Gasteiger partial charge in [0.2, 0.25) is 5.91 Å². The summed E-state index contributed by atoms with van der Waals surface area (Å²) in [4.78, 5) is 33.5. The monoisotopic (exact) mass is 369 g/mol. The van der Waals surface area contributed by atoms with E-state index in [4.69, 9.17) is 9.84 Å². The first kappa shape index (κ1) is 24.1. The van der Waals surface area contributed by atoms with Crippen LogP contribution in [0.3, 0.4) is 0 Å². The Morgan fingerprint density at radius 1 is 0.923 bits per heavy atom. The van der Waals surface area contributed by atoms with Crippen molar-refractivity contribution in [3.05, 3.63) is 12.2 Å². The molecule has 6 heteroatoms. The fraction of sp³-hybridized carbons (Fsp3) is 0.750. The lowest BCUT2D eigenvalue weighted by Crippen LogP contribution is -2.28. The maximum atomic E-state index is 11.7. The van der Waals surface area contributed by atoms with Gasteiger partial charge in [-0.05, 0) is 6.42 Å². The first-order chi connectivity index (χ1) is 12.5. The predicted molar refractivity (Wildman–Crippen MR) is 102 cm³/mol. The smallest absolute Gasteiger partial charge is 0.334 e. The van der Waals surface area contributed by atoms with Crippen molar-refractivity contribution < 1.29 is 24.2 Å². The second-order valence-corrected chi connectivity index (χ2v) is 6.59. The fourth-order valence-electron chi connectivity index (χ4n) is 2.55. The van der Waals surface area contributed by atoms with E-state index in [0.29, 0.717) is 6.42 Å². The predicted octanol–water partition coefficient (Wildman–Crippen LogP) is 3.99. The lowest BCUT2D eigenvalue weighted by atomic mass is 10.1. The number of rotatable bonds is 17. The van der Waals surface area contributed by atoms with Crippen molar-refractivity contribution in [2.75, 3.05) is 13.2 Å². The summed E-state index contributed by atoms with van der Waals surface area (Å²) in [5, 5.41) is 11.2. The van der Waals surface area contributed by atoms with Crippen molar-refractivity contribution in [2.45, 2.75) is 84.0 Å². The van der Waals surface area contributed by atoms with Gasteiger partial charge in [0, 0.05) is 12.0 Å². The number of amides is 1. The van der Waals surface area contributed by atoms with Gasteiger partial charge in [0.15, 0.2) is 0 Å². The van der Waals surface area contributed by atoms with Crippen LogP contribution < -0.4 is 5.32 Å². The molecule has 0 aromatic rings. The first-order valence-electron chi connectivity index (χ1n) is 9.80. The molecule has 0 saturated carbocycles. The van der Waals surface area contributed by atoms with Crippen molar-refractivity contribution in [3.8, 4) is 0 Å². The Hall–Kier alpha value is -1.85. The van der Waals surface area contributed by atoms with Gasteiger partial charge in [0.1, 0.15) is 6.61 Å². The van der Waals surface area contributed by atoms with E-state index in [-0.39, 0.29) is 24.6 Å². The summed E-state index contributed by atoms with van der Waals surface area (Å²) in [7, 11) is 0. The van der Waals surface area contributed by atoms with Gasteiger partial charge in [-0.2, -0.15) is 0 Å². The Balaban J connectivity index is 3.43. The van der Waals surface area contributed by atoms with Crippen LogP contribution in [0.1, 0.15) is 84.0 Å². The van der Waals surface area contributed by atoms with Gasteiger partial charge in [-0.1, -0.05) is 71.3 Å². The maximum Gasteiger partial charge on any atom is 0.334 e. The minimum absolute atomic E-state index is 0.0151.